The first-order chi connectivity index (χ1) is 9.79. The Labute approximate surface area is 118 Å². The van der Waals surface area contributed by atoms with Gasteiger partial charge >= 0.3 is 5.76 Å². The van der Waals surface area contributed by atoms with Crippen LogP contribution in [0.2, 0.25) is 0 Å². The lowest BCUT2D eigenvalue weighted by atomic mass is 9.97. The Morgan fingerprint density at radius 2 is 2.00 bits per heavy atom. The van der Waals surface area contributed by atoms with Crippen LogP contribution < -0.4 is 21.7 Å². The molecule has 2 aromatic rings. The van der Waals surface area contributed by atoms with Gasteiger partial charge in [-0.05, 0) is 19.9 Å². The number of benzene rings is 1. The highest BCUT2D eigenvalue weighted by molar-refractivity contribution is 6.07. The van der Waals surface area contributed by atoms with Crippen LogP contribution in [0.1, 0.15) is 13.8 Å². The molecule has 0 saturated carbocycles. The molecule has 0 atom stereocenters. The van der Waals surface area contributed by atoms with Crippen molar-refractivity contribution in [2.45, 2.75) is 19.4 Å². The first-order valence-electron chi connectivity index (χ1n) is 6.33. The smallest absolute Gasteiger partial charge is 0.408 e. The van der Waals surface area contributed by atoms with Gasteiger partial charge in [0.05, 0.1) is 23.4 Å². The fourth-order valence-corrected chi connectivity index (χ4v) is 2.40. The third-order valence-electron chi connectivity index (χ3n) is 3.64. The number of carbonyl (C=O) groups excluding carboxylic acids is 2. The van der Waals surface area contributed by atoms with Crippen LogP contribution in [0.25, 0.3) is 11.1 Å². The van der Waals surface area contributed by atoms with Crippen molar-refractivity contribution in [3.05, 3.63) is 22.7 Å². The van der Waals surface area contributed by atoms with Crippen LogP contribution >= 0.6 is 0 Å². The first kappa shape index (κ1) is 13.2. The zero-order chi connectivity index (χ0) is 15.4. The van der Waals surface area contributed by atoms with Gasteiger partial charge in [0.25, 0.3) is 5.91 Å². The van der Waals surface area contributed by atoms with E-state index in [0.717, 1.165) is 0 Å². The van der Waals surface area contributed by atoms with Crippen molar-refractivity contribution in [2.24, 2.45) is 0 Å². The van der Waals surface area contributed by atoms with E-state index in [9.17, 15) is 14.4 Å². The molecule has 2 heterocycles. The van der Waals surface area contributed by atoms with E-state index in [-0.39, 0.29) is 6.54 Å². The second-order valence-corrected chi connectivity index (χ2v) is 5.44. The third-order valence-corrected chi connectivity index (χ3v) is 3.64. The average molecular weight is 290 g/mol. The number of nitrogens with zero attached hydrogens (tertiary/aromatic N) is 1. The number of imide groups is 1. The second-order valence-electron chi connectivity index (χ2n) is 5.44. The SMILES string of the molecule is CC1(C)C(=O)NC(=O)CN1c1cc2[nH]c(=O)oc2cc1N. The average Bonchev–Trinajstić information content (AvgIpc) is 2.72. The van der Waals surface area contributed by atoms with Crippen molar-refractivity contribution in [3.8, 4) is 0 Å². The highest BCUT2D eigenvalue weighted by atomic mass is 16.4. The van der Waals surface area contributed by atoms with Crippen molar-refractivity contribution >= 4 is 34.3 Å². The topological polar surface area (TPSA) is 121 Å². The van der Waals surface area contributed by atoms with Crippen molar-refractivity contribution in [1.29, 1.82) is 0 Å². The van der Waals surface area contributed by atoms with Gasteiger partial charge in [-0.25, -0.2) is 4.79 Å². The summed E-state index contributed by atoms with van der Waals surface area (Å²) in [6, 6.07) is 3.10. The number of H-pyrrole nitrogens is 1. The Balaban J connectivity index is 2.17. The second kappa shape index (κ2) is 4.11. The fraction of sp³-hybridized carbons (Fsp3) is 0.308. The lowest BCUT2D eigenvalue weighted by Crippen LogP contribution is -2.64. The Bertz CT molecular complexity index is 817. The number of aromatic nitrogens is 1. The summed E-state index contributed by atoms with van der Waals surface area (Å²) in [6.45, 7) is 3.38. The number of fused-ring (bicyclic) bond motifs is 1. The van der Waals surface area contributed by atoms with Crippen LogP contribution in [0.3, 0.4) is 0 Å². The monoisotopic (exact) mass is 290 g/mol. The van der Waals surface area contributed by atoms with Crippen LogP contribution in [0.4, 0.5) is 11.4 Å². The number of nitrogen functional groups attached to an aromatic ring is 1. The molecule has 0 bridgehead atoms. The van der Waals surface area contributed by atoms with Gasteiger partial charge in [0, 0.05) is 6.07 Å². The van der Waals surface area contributed by atoms with Crippen LogP contribution in [-0.2, 0) is 9.59 Å². The number of piperazine rings is 1. The van der Waals surface area contributed by atoms with Gasteiger partial charge in [0.15, 0.2) is 5.58 Å². The maximum atomic E-state index is 12.0. The van der Waals surface area contributed by atoms with Gasteiger partial charge in [-0.3, -0.25) is 19.9 Å². The third kappa shape index (κ3) is 1.95. The molecule has 2 amide bonds. The molecule has 1 aromatic carbocycles. The molecule has 0 aliphatic carbocycles. The summed E-state index contributed by atoms with van der Waals surface area (Å²) in [5.74, 6) is -1.40. The minimum Gasteiger partial charge on any atom is -0.408 e. The molecule has 0 radical (unpaired) electrons. The minimum absolute atomic E-state index is 0.00344. The van der Waals surface area contributed by atoms with Gasteiger partial charge in [-0.2, -0.15) is 0 Å². The van der Waals surface area contributed by atoms with Crippen LogP contribution in [-0.4, -0.2) is 28.9 Å². The summed E-state index contributed by atoms with van der Waals surface area (Å²) >= 11 is 0. The Hall–Kier alpha value is -2.77. The lowest BCUT2D eigenvalue weighted by molar-refractivity contribution is -0.135. The lowest BCUT2D eigenvalue weighted by Gasteiger charge is -2.42. The van der Waals surface area contributed by atoms with Crippen LogP contribution in [0, 0.1) is 0 Å². The molecule has 110 valence electrons. The molecule has 8 heteroatoms. The number of oxazole rings is 1. The minimum atomic E-state index is -0.945. The van der Waals surface area contributed by atoms with E-state index in [1.807, 2.05) is 0 Å². The Morgan fingerprint density at radius 3 is 2.71 bits per heavy atom. The number of nitrogens with one attached hydrogen (secondary N) is 2. The number of carbonyl (C=O) groups is 2. The molecule has 1 aromatic heterocycles. The largest absolute Gasteiger partial charge is 0.417 e. The molecule has 21 heavy (non-hydrogen) atoms. The Kier molecular flexibility index (Phi) is 2.59. The predicted molar refractivity (Wildman–Crippen MR) is 75.8 cm³/mol. The van der Waals surface area contributed by atoms with Gasteiger partial charge in [0.2, 0.25) is 5.91 Å². The highest BCUT2D eigenvalue weighted by Gasteiger charge is 2.41. The fourth-order valence-electron chi connectivity index (χ4n) is 2.40. The van der Waals surface area contributed by atoms with E-state index in [0.29, 0.717) is 22.5 Å². The number of hydrogen-bond donors (Lipinski definition) is 3. The van der Waals surface area contributed by atoms with Crippen LogP contribution in [0.5, 0.6) is 0 Å². The zero-order valence-electron chi connectivity index (χ0n) is 11.5. The van der Waals surface area contributed by atoms with Crippen molar-refractivity contribution in [1.82, 2.24) is 10.3 Å². The standard InChI is InChI=1S/C13H14N4O4/c1-13(2)11(19)16-10(18)5-17(13)8-4-7-9(3-6(8)14)21-12(20)15-7/h3-4H,5,14H2,1-2H3,(H,15,20)(H,16,18,19). The number of hydrogen-bond acceptors (Lipinski definition) is 6. The van der Waals surface area contributed by atoms with E-state index in [1.54, 1.807) is 24.8 Å². The number of nitrogens with two attached hydrogens (primary N) is 1. The molecule has 4 N–H and O–H groups in total. The van der Waals surface area contributed by atoms with E-state index in [4.69, 9.17) is 10.2 Å². The molecule has 8 nitrogen and oxygen atoms in total. The van der Waals surface area contributed by atoms with Gasteiger partial charge in [0.1, 0.15) is 5.54 Å². The van der Waals surface area contributed by atoms with Gasteiger partial charge in [-0.1, -0.05) is 0 Å². The number of amides is 2. The molecule has 1 fully saturated rings. The van der Waals surface area contributed by atoms with Gasteiger partial charge in [-0.15, -0.1) is 0 Å². The molecule has 0 unspecified atom stereocenters. The maximum Gasteiger partial charge on any atom is 0.417 e. The molecule has 1 saturated heterocycles. The first-order valence-corrected chi connectivity index (χ1v) is 6.33. The summed E-state index contributed by atoms with van der Waals surface area (Å²) < 4.78 is 4.93. The number of aromatic amines is 1. The quantitative estimate of drug-likeness (QED) is 0.500. The summed E-state index contributed by atoms with van der Waals surface area (Å²) in [5.41, 5.74) is 6.63. The molecule has 1 aliphatic heterocycles. The van der Waals surface area contributed by atoms with Crippen molar-refractivity contribution in [3.63, 3.8) is 0 Å². The van der Waals surface area contributed by atoms with E-state index in [1.165, 1.54) is 6.07 Å². The Morgan fingerprint density at radius 1 is 1.29 bits per heavy atom. The van der Waals surface area contributed by atoms with E-state index in [2.05, 4.69) is 10.3 Å². The molecule has 0 spiro atoms. The summed E-state index contributed by atoms with van der Waals surface area (Å²) in [5, 5.41) is 2.29. The molecular weight excluding hydrogens is 276 g/mol. The molecular formula is C13H14N4O4. The zero-order valence-corrected chi connectivity index (χ0v) is 11.5. The number of anilines is 2. The molecule has 1 aliphatic rings. The van der Waals surface area contributed by atoms with Crippen LogP contribution in [0.15, 0.2) is 21.3 Å². The van der Waals surface area contributed by atoms with Crippen molar-refractivity contribution in [2.75, 3.05) is 17.2 Å². The summed E-state index contributed by atoms with van der Waals surface area (Å²) in [6.07, 6.45) is 0. The van der Waals surface area contributed by atoms with E-state index < -0.39 is 23.1 Å². The molecule has 3 rings (SSSR count). The predicted octanol–water partition coefficient (Wildman–Crippen LogP) is -0.0553. The van der Waals surface area contributed by atoms with E-state index >= 15 is 0 Å². The van der Waals surface area contributed by atoms with Crippen molar-refractivity contribution < 1.29 is 14.0 Å². The highest BCUT2D eigenvalue weighted by Crippen LogP contribution is 2.33. The van der Waals surface area contributed by atoms with Gasteiger partial charge < -0.3 is 15.1 Å². The summed E-state index contributed by atoms with van der Waals surface area (Å²) in [4.78, 5) is 39.0. The number of rotatable bonds is 1. The normalized spacial score (nSPS) is 18.1. The summed E-state index contributed by atoms with van der Waals surface area (Å²) in [7, 11) is 0. The maximum absolute atomic E-state index is 12.0.